The number of methoxy groups -OCH3 is 1. The number of rotatable bonds is 10. The normalized spacial score (nSPS) is 11.6. The molecular weight excluding hydrogens is 340 g/mol. The van der Waals surface area contributed by atoms with Gasteiger partial charge in [-0.15, -0.1) is 0 Å². The maximum Gasteiger partial charge on any atom is 0.261 e. The van der Waals surface area contributed by atoms with Gasteiger partial charge in [-0.2, -0.15) is 0 Å². The number of hydrogen-bond donors (Lipinski definition) is 1. The molecule has 0 fully saturated rings. The molecule has 0 aliphatic rings. The standard InChI is InChI=1S/C22H30N2O3/c1-5-19(27-21-11-9-8-10-20(21)26-4)22(25)23-16-17-12-14-18(15-13-17)24(6-2)7-3/h8-15,19H,5-7,16H2,1-4H3,(H,23,25)/t19-/m1/s1. The Kier molecular flexibility index (Phi) is 7.99. The third kappa shape index (κ3) is 5.64. The van der Waals surface area contributed by atoms with Crippen LogP contribution in [0.25, 0.3) is 0 Å². The summed E-state index contributed by atoms with van der Waals surface area (Å²) in [6, 6.07) is 15.6. The highest BCUT2D eigenvalue weighted by atomic mass is 16.5. The summed E-state index contributed by atoms with van der Waals surface area (Å²) < 4.78 is 11.2. The average molecular weight is 370 g/mol. The van der Waals surface area contributed by atoms with Gasteiger partial charge in [-0.3, -0.25) is 4.79 Å². The first-order valence-electron chi connectivity index (χ1n) is 9.54. The highest BCUT2D eigenvalue weighted by molar-refractivity contribution is 5.81. The zero-order valence-corrected chi connectivity index (χ0v) is 16.7. The van der Waals surface area contributed by atoms with E-state index in [1.807, 2.05) is 25.1 Å². The summed E-state index contributed by atoms with van der Waals surface area (Å²) in [5.74, 6) is 1.07. The van der Waals surface area contributed by atoms with E-state index in [0.29, 0.717) is 24.5 Å². The zero-order chi connectivity index (χ0) is 19.6. The summed E-state index contributed by atoms with van der Waals surface area (Å²) in [7, 11) is 1.59. The molecule has 0 saturated carbocycles. The molecule has 0 spiro atoms. The number of para-hydroxylation sites is 2. The predicted octanol–water partition coefficient (Wildman–Crippen LogP) is 4.02. The number of nitrogens with one attached hydrogen (secondary N) is 1. The SMILES string of the molecule is CC[C@@H](Oc1ccccc1OC)C(=O)NCc1ccc(N(CC)CC)cc1. The van der Waals surface area contributed by atoms with Gasteiger partial charge in [0.2, 0.25) is 0 Å². The lowest BCUT2D eigenvalue weighted by Crippen LogP contribution is -2.37. The van der Waals surface area contributed by atoms with Crippen LogP contribution in [0.3, 0.4) is 0 Å². The van der Waals surface area contributed by atoms with Crippen LogP contribution in [0.4, 0.5) is 5.69 Å². The first-order chi connectivity index (χ1) is 13.1. The Bertz CT molecular complexity index is 712. The van der Waals surface area contributed by atoms with E-state index < -0.39 is 6.10 Å². The van der Waals surface area contributed by atoms with Gasteiger partial charge in [0.15, 0.2) is 17.6 Å². The van der Waals surface area contributed by atoms with Gasteiger partial charge in [0.05, 0.1) is 7.11 Å². The Labute approximate surface area is 162 Å². The maximum absolute atomic E-state index is 12.5. The molecule has 1 atom stereocenters. The van der Waals surface area contributed by atoms with Crippen molar-refractivity contribution in [1.82, 2.24) is 5.32 Å². The van der Waals surface area contributed by atoms with E-state index in [0.717, 1.165) is 18.7 Å². The largest absolute Gasteiger partial charge is 0.493 e. The summed E-state index contributed by atoms with van der Waals surface area (Å²) >= 11 is 0. The topological polar surface area (TPSA) is 50.8 Å². The molecule has 2 aromatic rings. The van der Waals surface area contributed by atoms with Crippen LogP contribution >= 0.6 is 0 Å². The number of nitrogens with zero attached hydrogens (tertiary/aromatic N) is 1. The lowest BCUT2D eigenvalue weighted by molar-refractivity contribution is -0.128. The number of amides is 1. The Balaban J connectivity index is 1.95. The molecule has 5 heteroatoms. The molecule has 146 valence electrons. The predicted molar refractivity (Wildman–Crippen MR) is 110 cm³/mol. The first kappa shape index (κ1) is 20.6. The van der Waals surface area contributed by atoms with Crippen LogP contribution in [0.1, 0.15) is 32.8 Å². The number of ether oxygens (including phenoxy) is 2. The van der Waals surface area contributed by atoms with Crippen molar-refractivity contribution in [3.63, 3.8) is 0 Å². The van der Waals surface area contributed by atoms with Crippen molar-refractivity contribution in [2.75, 3.05) is 25.1 Å². The van der Waals surface area contributed by atoms with Gasteiger partial charge < -0.3 is 19.7 Å². The Hall–Kier alpha value is -2.69. The van der Waals surface area contributed by atoms with Crippen molar-refractivity contribution < 1.29 is 14.3 Å². The minimum absolute atomic E-state index is 0.128. The Morgan fingerprint density at radius 2 is 1.63 bits per heavy atom. The molecule has 0 heterocycles. The van der Waals surface area contributed by atoms with Gasteiger partial charge in [0, 0.05) is 25.3 Å². The fraction of sp³-hybridized carbons (Fsp3) is 0.409. The van der Waals surface area contributed by atoms with Crippen LogP contribution in [0.2, 0.25) is 0 Å². The molecule has 0 saturated heterocycles. The van der Waals surface area contributed by atoms with E-state index in [4.69, 9.17) is 9.47 Å². The second kappa shape index (κ2) is 10.5. The van der Waals surface area contributed by atoms with Crippen molar-refractivity contribution in [2.24, 2.45) is 0 Å². The van der Waals surface area contributed by atoms with Crippen LogP contribution in [-0.4, -0.2) is 32.2 Å². The molecule has 1 amide bonds. The smallest absolute Gasteiger partial charge is 0.261 e. The van der Waals surface area contributed by atoms with Gasteiger partial charge in [0.1, 0.15) is 0 Å². The summed E-state index contributed by atoms with van der Waals surface area (Å²) in [5, 5.41) is 2.97. The molecule has 0 aliphatic heterocycles. The van der Waals surface area contributed by atoms with Crippen molar-refractivity contribution in [1.29, 1.82) is 0 Å². The van der Waals surface area contributed by atoms with Crippen molar-refractivity contribution >= 4 is 11.6 Å². The fourth-order valence-corrected chi connectivity index (χ4v) is 2.91. The van der Waals surface area contributed by atoms with Gasteiger partial charge in [-0.1, -0.05) is 31.2 Å². The van der Waals surface area contributed by atoms with E-state index in [9.17, 15) is 4.79 Å². The van der Waals surface area contributed by atoms with E-state index in [1.165, 1.54) is 5.69 Å². The van der Waals surface area contributed by atoms with Crippen LogP contribution in [-0.2, 0) is 11.3 Å². The second-order valence-electron chi connectivity index (χ2n) is 6.22. The lowest BCUT2D eigenvalue weighted by Gasteiger charge is -2.21. The van der Waals surface area contributed by atoms with E-state index in [-0.39, 0.29) is 5.91 Å². The molecule has 0 radical (unpaired) electrons. The summed E-state index contributed by atoms with van der Waals surface area (Å²) in [6.07, 6.45) is 0.0152. The molecule has 5 nitrogen and oxygen atoms in total. The maximum atomic E-state index is 12.5. The quantitative estimate of drug-likeness (QED) is 0.686. The van der Waals surface area contributed by atoms with Crippen LogP contribution in [0.15, 0.2) is 48.5 Å². The molecule has 0 bridgehead atoms. The molecule has 1 N–H and O–H groups in total. The molecule has 0 unspecified atom stereocenters. The van der Waals surface area contributed by atoms with Gasteiger partial charge in [-0.05, 0) is 50.1 Å². The Morgan fingerprint density at radius 3 is 2.19 bits per heavy atom. The molecule has 0 aliphatic carbocycles. The minimum Gasteiger partial charge on any atom is -0.493 e. The average Bonchev–Trinajstić information content (AvgIpc) is 2.72. The molecular formula is C22H30N2O3. The highest BCUT2D eigenvalue weighted by Crippen LogP contribution is 2.27. The lowest BCUT2D eigenvalue weighted by atomic mass is 10.2. The van der Waals surface area contributed by atoms with Gasteiger partial charge >= 0.3 is 0 Å². The monoisotopic (exact) mass is 370 g/mol. The summed E-state index contributed by atoms with van der Waals surface area (Å²) in [6.45, 7) is 8.65. The highest BCUT2D eigenvalue weighted by Gasteiger charge is 2.19. The summed E-state index contributed by atoms with van der Waals surface area (Å²) in [4.78, 5) is 14.8. The Morgan fingerprint density at radius 1 is 1.00 bits per heavy atom. The number of benzene rings is 2. The van der Waals surface area contributed by atoms with Crippen LogP contribution in [0.5, 0.6) is 11.5 Å². The van der Waals surface area contributed by atoms with Crippen LogP contribution < -0.4 is 19.7 Å². The molecule has 0 aromatic heterocycles. The van der Waals surface area contributed by atoms with Crippen molar-refractivity contribution in [3.8, 4) is 11.5 Å². The number of carbonyl (C=O) groups excluding carboxylic acids is 1. The molecule has 2 rings (SSSR count). The third-order valence-corrected chi connectivity index (χ3v) is 4.53. The second-order valence-corrected chi connectivity index (χ2v) is 6.22. The van der Waals surface area contributed by atoms with Gasteiger partial charge in [0.25, 0.3) is 5.91 Å². The molecule has 27 heavy (non-hydrogen) atoms. The first-order valence-corrected chi connectivity index (χ1v) is 9.54. The minimum atomic E-state index is -0.559. The van der Waals surface area contributed by atoms with E-state index in [1.54, 1.807) is 13.2 Å². The summed E-state index contributed by atoms with van der Waals surface area (Å²) in [5.41, 5.74) is 2.26. The van der Waals surface area contributed by atoms with Crippen molar-refractivity contribution in [2.45, 2.75) is 39.8 Å². The number of anilines is 1. The number of carbonyl (C=O) groups is 1. The fourth-order valence-electron chi connectivity index (χ4n) is 2.91. The van der Waals surface area contributed by atoms with E-state index >= 15 is 0 Å². The van der Waals surface area contributed by atoms with Gasteiger partial charge in [-0.25, -0.2) is 0 Å². The third-order valence-electron chi connectivity index (χ3n) is 4.53. The number of hydrogen-bond acceptors (Lipinski definition) is 4. The molecule has 2 aromatic carbocycles. The van der Waals surface area contributed by atoms with E-state index in [2.05, 4.69) is 48.3 Å². The van der Waals surface area contributed by atoms with Crippen molar-refractivity contribution in [3.05, 3.63) is 54.1 Å². The van der Waals surface area contributed by atoms with Crippen LogP contribution in [0, 0.1) is 0 Å². The zero-order valence-electron chi connectivity index (χ0n) is 16.7.